The van der Waals surface area contributed by atoms with Crippen LogP contribution in [0.1, 0.15) is 49.3 Å². The normalized spacial score (nSPS) is 14.3. The number of fused-ring (bicyclic) bond motifs is 3. The van der Waals surface area contributed by atoms with Crippen molar-refractivity contribution >= 4 is 38.5 Å². The van der Waals surface area contributed by atoms with Crippen LogP contribution in [0.5, 0.6) is 0 Å². The van der Waals surface area contributed by atoms with Crippen LogP contribution in [0.25, 0.3) is 54.9 Å². The van der Waals surface area contributed by atoms with Gasteiger partial charge in [0.1, 0.15) is 0 Å². The summed E-state index contributed by atoms with van der Waals surface area (Å²) in [5.74, 6) is 0.0456. The van der Waals surface area contributed by atoms with Crippen LogP contribution in [0.4, 0.5) is 0 Å². The lowest BCUT2D eigenvalue weighted by atomic mass is 9.76. The van der Waals surface area contributed by atoms with Crippen molar-refractivity contribution in [1.82, 2.24) is 0 Å². The lowest BCUT2D eigenvalue weighted by Gasteiger charge is -2.28. The fraction of sp³-hybridized carbons (Fsp3) is 0.0816. The van der Waals surface area contributed by atoms with Gasteiger partial charge in [-0.3, -0.25) is 4.79 Å². The lowest BCUT2D eigenvalue weighted by molar-refractivity contribution is 0.103. The van der Waals surface area contributed by atoms with Crippen molar-refractivity contribution in [2.24, 2.45) is 0 Å². The fourth-order valence-electron chi connectivity index (χ4n) is 8.56. The van der Waals surface area contributed by atoms with E-state index in [9.17, 15) is 4.79 Å². The summed E-state index contributed by atoms with van der Waals surface area (Å²) in [6.07, 6.45) is 13.1. The SMILES string of the molecule is O=C(c1ccc(-c2ccccc2)cc1)c1cccc(-c2cc(C3=CCc4ccc5ccccc5c4C3)c3ccc4c5c3c2CC=C5C=CC4)c1. The van der Waals surface area contributed by atoms with Crippen molar-refractivity contribution < 1.29 is 4.79 Å². The first kappa shape index (κ1) is 28.9. The van der Waals surface area contributed by atoms with Gasteiger partial charge in [0.15, 0.2) is 5.78 Å². The van der Waals surface area contributed by atoms with E-state index >= 15 is 0 Å². The second kappa shape index (κ2) is 11.5. The van der Waals surface area contributed by atoms with Gasteiger partial charge in [-0.05, 0) is 126 Å². The summed E-state index contributed by atoms with van der Waals surface area (Å²) in [5.41, 5.74) is 17.0. The summed E-state index contributed by atoms with van der Waals surface area (Å²) in [6.45, 7) is 0. The van der Waals surface area contributed by atoms with E-state index in [1.165, 1.54) is 71.6 Å². The third-order valence-electron chi connectivity index (χ3n) is 11.1. The molecule has 0 bridgehead atoms. The predicted octanol–water partition coefficient (Wildman–Crippen LogP) is 11.8. The molecular formula is C49H34O. The lowest BCUT2D eigenvalue weighted by Crippen LogP contribution is -2.09. The van der Waals surface area contributed by atoms with Crippen LogP contribution in [0.3, 0.4) is 0 Å². The summed E-state index contributed by atoms with van der Waals surface area (Å²) in [5, 5.41) is 5.38. The van der Waals surface area contributed by atoms with Gasteiger partial charge in [-0.25, -0.2) is 0 Å². The van der Waals surface area contributed by atoms with Crippen LogP contribution in [-0.2, 0) is 25.7 Å². The van der Waals surface area contributed by atoms with Gasteiger partial charge in [-0.1, -0.05) is 146 Å². The molecule has 0 aromatic heterocycles. The van der Waals surface area contributed by atoms with Gasteiger partial charge in [-0.2, -0.15) is 0 Å². The van der Waals surface area contributed by atoms with Crippen molar-refractivity contribution in [3.63, 3.8) is 0 Å². The Labute approximate surface area is 292 Å². The smallest absolute Gasteiger partial charge is 0.193 e. The largest absolute Gasteiger partial charge is 0.289 e. The number of hydrogen-bond acceptors (Lipinski definition) is 1. The second-order valence-corrected chi connectivity index (χ2v) is 13.8. The summed E-state index contributed by atoms with van der Waals surface area (Å²) in [6, 6.07) is 47.1. The van der Waals surface area contributed by atoms with Gasteiger partial charge < -0.3 is 0 Å². The topological polar surface area (TPSA) is 17.1 Å². The van der Waals surface area contributed by atoms with E-state index < -0.39 is 0 Å². The molecule has 0 N–H and O–H groups in total. The van der Waals surface area contributed by atoms with Crippen LogP contribution in [0.2, 0.25) is 0 Å². The van der Waals surface area contributed by atoms with Gasteiger partial charge in [-0.15, -0.1) is 0 Å². The maximum Gasteiger partial charge on any atom is 0.193 e. The molecule has 0 heterocycles. The number of allylic oxidation sites excluding steroid dienone is 6. The summed E-state index contributed by atoms with van der Waals surface area (Å²) >= 11 is 0. The van der Waals surface area contributed by atoms with Crippen LogP contribution in [-0.4, -0.2) is 5.78 Å². The first-order chi connectivity index (χ1) is 24.7. The molecule has 0 fully saturated rings. The number of carbonyl (C=O) groups is 1. The average Bonchev–Trinajstić information content (AvgIpc) is 3.19. The molecule has 7 aromatic rings. The molecule has 0 saturated carbocycles. The van der Waals surface area contributed by atoms with Crippen molar-refractivity contribution in [1.29, 1.82) is 0 Å². The highest BCUT2D eigenvalue weighted by Crippen LogP contribution is 2.46. The maximum absolute atomic E-state index is 14.0. The van der Waals surface area contributed by atoms with Crippen LogP contribution >= 0.6 is 0 Å². The van der Waals surface area contributed by atoms with Crippen LogP contribution in [0, 0.1) is 0 Å². The molecule has 3 aliphatic carbocycles. The number of ketones is 1. The van der Waals surface area contributed by atoms with Gasteiger partial charge in [0.2, 0.25) is 0 Å². The molecule has 50 heavy (non-hydrogen) atoms. The Bertz CT molecular complexity index is 2630. The Morgan fingerprint density at radius 2 is 1.32 bits per heavy atom. The molecule has 3 aliphatic rings. The molecule has 0 amide bonds. The van der Waals surface area contributed by atoms with E-state index in [2.05, 4.69) is 103 Å². The van der Waals surface area contributed by atoms with Crippen molar-refractivity contribution in [2.45, 2.75) is 25.7 Å². The average molecular weight is 639 g/mol. The predicted molar refractivity (Wildman–Crippen MR) is 209 cm³/mol. The minimum atomic E-state index is 0.0456. The van der Waals surface area contributed by atoms with Crippen LogP contribution in [0.15, 0.2) is 158 Å². The second-order valence-electron chi connectivity index (χ2n) is 13.8. The Hall–Kier alpha value is -6.05. The third-order valence-corrected chi connectivity index (χ3v) is 11.1. The van der Waals surface area contributed by atoms with Crippen molar-refractivity contribution in [3.05, 3.63) is 202 Å². The summed E-state index contributed by atoms with van der Waals surface area (Å²) in [7, 11) is 0. The van der Waals surface area contributed by atoms with Crippen molar-refractivity contribution in [3.8, 4) is 22.3 Å². The number of hydrogen-bond donors (Lipinski definition) is 0. The maximum atomic E-state index is 14.0. The number of carbonyl (C=O) groups excluding carboxylic acids is 1. The highest BCUT2D eigenvalue weighted by molar-refractivity contribution is 6.12. The quantitative estimate of drug-likeness (QED) is 0.171. The van der Waals surface area contributed by atoms with E-state index in [-0.39, 0.29) is 5.78 Å². The molecule has 0 aliphatic heterocycles. The molecule has 0 unspecified atom stereocenters. The van der Waals surface area contributed by atoms with Crippen molar-refractivity contribution in [2.75, 3.05) is 0 Å². The van der Waals surface area contributed by atoms with Gasteiger partial charge >= 0.3 is 0 Å². The Balaban J connectivity index is 1.11. The zero-order chi connectivity index (χ0) is 33.2. The minimum Gasteiger partial charge on any atom is -0.289 e. The summed E-state index contributed by atoms with van der Waals surface area (Å²) in [4.78, 5) is 14.0. The zero-order valence-electron chi connectivity index (χ0n) is 27.7. The highest BCUT2D eigenvalue weighted by Gasteiger charge is 2.26. The summed E-state index contributed by atoms with van der Waals surface area (Å²) < 4.78 is 0. The molecule has 0 saturated heterocycles. The monoisotopic (exact) mass is 638 g/mol. The Morgan fingerprint density at radius 3 is 2.22 bits per heavy atom. The Morgan fingerprint density at radius 1 is 0.520 bits per heavy atom. The first-order valence-electron chi connectivity index (χ1n) is 17.7. The van der Waals surface area contributed by atoms with Crippen LogP contribution < -0.4 is 0 Å². The Kier molecular flexibility index (Phi) is 6.67. The van der Waals surface area contributed by atoms with E-state index in [1.54, 1.807) is 0 Å². The van der Waals surface area contributed by atoms with E-state index in [1.807, 2.05) is 54.6 Å². The molecule has 0 spiro atoms. The molecule has 1 heteroatoms. The molecule has 0 radical (unpaired) electrons. The number of rotatable bonds is 5. The zero-order valence-corrected chi connectivity index (χ0v) is 27.7. The first-order valence-corrected chi connectivity index (χ1v) is 17.7. The molecular weight excluding hydrogens is 605 g/mol. The number of benzene rings is 7. The van der Waals surface area contributed by atoms with Gasteiger partial charge in [0, 0.05) is 11.1 Å². The minimum absolute atomic E-state index is 0.0456. The molecule has 10 rings (SSSR count). The standard InChI is InChI=1S/C49H34O/c50-49(37-21-16-32(17-22-37)31-8-2-1-3-9-31)40-14-7-13-38(28-40)45-30-46(39-23-20-34-19-18-33-10-4-5-15-41(33)44(34)29-39)43-27-25-36-12-6-11-35-24-26-42(45)48(43)47(35)36/h1-11,13-19,21-25,27-28,30H,12,20,26,29H2. The molecule has 0 atom stereocenters. The van der Waals surface area contributed by atoms with E-state index in [4.69, 9.17) is 0 Å². The third kappa shape index (κ3) is 4.65. The molecule has 1 nitrogen and oxygen atoms in total. The highest BCUT2D eigenvalue weighted by atomic mass is 16.1. The van der Waals surface area contributed by atoms with E-state index in [0.29, 0.717) is 11.1 Å². The molecule has 236 valence electrons. The fourth-order valence-corrected chi connectivity index (χ4v) is 8.56. The van der Waals surface area contributed by atoms with Gasteiger partial charge in [0.05, 0.1) is 0 Å². The molecule has 7 aromatic carbocycles. The van der Waals surface area contributed by atoms with Gasteiger partial charge in [0.25, 0.3) is 0 Å². The van der Waals surface area contributed by atoms with E-state index in [0.717, 1.165) is 42.4 Å².